The number of alkyl halides is 3. The number of halogens is 6. The molecule has 0 fully saturated rings. The lowest BCUT2D eigenvalue weighted by molar-refractivity contribution is -0.245. The second-order valence-electron chi connectivity index (χ2n) is 3.22. The topological polar surface area (TPSA) is 20.2 Å². The normalized spacial score (nSPS) is 15.5. The Bertz CT molecular complexity index is 436. The van der Waals surface area contributed by atoms with E-state index in [2.05, 4.69) is 6.58 Å². The Hall–Kier alpha value is -0.420. The van der Waals surface area contributed by atoms with Crippen LogP contribution in [0.4, 0.5) is 13.2 Å². The van der Waals surface area contributed by atoms with Crippen LogP contribution < -0.4 is 0 Å². The van der Waals surface area contributed by atoms with Crippen molar-refractivity contribution in [3.05, 3.63) is 45.4 Å². The van der Waals surface area contributed by atoms with Gasteiger partial charge in [0.15, 0.2) is 0 Å². The van der Waals surface area contributed by atoms with Gasteiger partial charge >= 0.3 is 6.18 Å². The summed E-state index contributed by atoms with van der Waals surface area (Å²) in [6.45, 7) is 2.97. The van der Waals surface area contributed by atoms with Crippen molar-refractivity contribution in [3.63, 3.8) is 0 Å². The molecule has 1 N–H and O–H groups in total. The van der Waals surface area contributed by atoms with Gasteiger partial charge < -0.3 is 5.11 Å². The molecule has 0 unspecified atom stereocenters. The van der Waals surface area contributed by atoms with Gasteiger partial charge in [-0.2, -0.15) is 13.2 Å². The van der Waals surface area contributed by atoms with E-state index < -0.39 is 17.3 Å². The Kier molecular flexibility index (Phi) is 4.04. The molecule has 0 radical (unpaired) electrons. The van der Waals surface area contributed by atoms with Crippen molar-refractivity contribution in [2.45, 2.75) is 11.8 Å². The summed E-state index contributed by atoms with van der Waals surface area (Å²) < 4.78 is 38.1. The summed E-state index contributed by atoms with van der Waals surface area (Å²) in [7, 11) is 0. The molecule has 7 heteroatoms. The van der Waals surface area contributed by atoms with Crippen molar-refractivity contribution < 1.29 is 18.3 Å². The highest BCUT2D eigenvalue weighted by atomic mass is 35.5. The summed E-state index contributed by atoms with van der Waals surface area (Å²) in [5.41, 5.74) is -3.76. The molecule has 0 amide bonds. The van der Waals surface area contributed by atoms with Crippen LogP contribution in [0.25, 0.3) is 0 Å². The van der Waals surface area contributed by atoms with E-state index in [1.165, 1.54) is 0 Å². The first-order valence-corrected chi connectivity index (χ1v) is 5.34. The Morgan fingerprint density at radius 3 is 1.82 bits per heavy atom. The first-order valence-electron chi connectivity index (χ1n) is 4.21. The molecule has 0 bridgehead atoms. The molecule has 0 saturated carbocycles. The molecule has 0 aliphatic rings. The molecule has 1 atom stereocenters. The minimum Gasteiger partial charge on any atom is -0.373 e. The molecule has 0 aromatic heterocycles. The van der Waals surface area contributed by atoms with Crippen molar-refractivity contribution >= 4 is 34.8 Å². The molecule has 17 heavy (non-hydrogen) atoms. The number of hydrogen-bond donors (Lipinski definition) is 1. The summed E-state index contributed by atoms with van der Waals surface area (Å²) in [5.74, 6) is 0. The Morgan fingerprint density at radius 1 is 1.12 bits per heavy atom. The van der Waals surface area contributed by atoms with Crippen LogP contribution in [0.5, 0.6) is 0 Å². The molecule has 1 nitrogen and oxygen atoms in total. The highest BCUT2D eigenvalue weighted by Gasteiger charge is 2.53. The van der Waals surface area contributed by atoms with Crippen LogP contribution in [0.3, 0.4) is 0 Å². The maximum absolute atomic E-state index is 12.7. The fourth-order valence-corrected chi connectivity index (χ4v) is 1.77. The predicted molar refractivity (Wildman–Crippen MR) is 61.6 cm³/mol. The summed E-state index contributed by atoms with van der Waals surface area (Å²) in [6, 6.07) is 1.79. The van der Waals surface area contributed by atoms with Gasteiger partial charge in [0, 0.05) is 0 Å². The third-order valence-electron chi connectivity index (χ3n) is 2.15. The third-order valence-corrected chi connectivity index (χ3v) is 3.35. The number of hydrogen-bond acceptors (Lipinski definition) is 1. The lowest BCUT2D eigenvalue weighted by Crippen LogP contribution is -2.40. The van der Waals surface area contributed by atoms with E-state index in [1.807, 2.05) is 0 Å². The summed E-state index contributed by atoms with van der Waals surface area (Å²) >= 11 is 16.8. The van der Waals surface area contributed by atoms with E-state index >= 15 is 0 Å². The van der Waals surface area contributed by atoms with Crippen LogP contribution in [0.1, 0.15) is 5.56 Å². The predicted octanol–water partition coefficient (Wildman–Crippen LogP) is 4.58. The molecule has 0 saturated heterocycles. The maximum Gasteiger partial charge on any atom is 0.425 e. The van der Waals surface area contributed by atoms with E-state index in [0.717, 1.165) is 12.1 Å². The van der Waals surface area contributed by atoms with Gasteiger partial charge in [0.1, 0.15) is 0 Å². The maximum atomic E-state index is 12.7. The second-order valence-corrected chi connectivity index (χ2v) is 4.41. The molecular weight excluding hydrogens is 299 g/mol. The quantitative estimate of drug-likeness (QED) is 0.626. The van der Waals surface area contributed by atoms with E-state index in [-0.39, 0.29) is 15.1 Å². The zero-order valence-electron chi connectivity index (χ0n) is 8.15. The minimum atomic E-state index is -4.94. The highest BCUT2D eigenvalue weighted by molar-refractivity contribution is 6.48. The monoisotopic (exact) mass is 304 g/mol. The van der Waals surface area contributed by atoms with Crippen LogP contribution in [-0.4, -0.2) is 11.3 Å². The molecule has 94 valence electrons. The van der Waals surface area contributed by atoms with Crippen LogP contribution in [-0.2, 0) is 5.60 Å². The lowest BCUT2D eigenvalue weighted by Gasteiger charge is -2.28. The van der Waals surface area contributed by atoms with E-state index in [4.69, 9.17) is 34.8 Å². The zero-order valence-corrected chi connectivity index (χ0v) is 10.4. The Labute approximate surface area is 110 Å². The van der Waals surface area contributed by atoms with Crippen LogP contribution >= 0.6 is 34.8 Å². The van der Waals surface area contributed by atoms with Gasteiger partial charge in [-0.15, -0.1) is 0 Å². The van der Waals surface area contributed by atoms with E-state index in [1.54, 1.807) is 0 Å². The van der Waals surface area contributed by atoms with Crippen LogP contribution in [0.2, 0.25) is 15.1 Å². The molecule has 0 heterocycles. The zero-order chi connectivity index (χ0) is 13.4. The largest absolute Gasteiger partial charge is 0.425 e. The molecule has 1 aromatic carbocycles. The highest BCUT2D eigenvalue weighted by Crippen LogP contribution is 2.43. The van der Waals surface area contributed by atoms with Crippen molar-refractivity contribution in [1.82, 2.24) is 0 Å². The number of rotatable bonds is 2. The first kappa shape index (κ1) is 14.6. The van der Waals surface area contributed by atoms with Gasteiger partial charge in [-0.3, -0.25) is 0 Å². The second kappa shape index (κ2) is 4.69. The number of benzene rings is 1. The summed E-state index contributed by atoms with van der Waals surface area (Å²) in [5, 5.41) is 9.12. The van der Waals surface area contributed by atoms with E-state index in [0.29, 0.717) is 6.08 Å². The smallest absolute Gasteiger partial charge is 0.373 e. The van der Waals surface area contributed by atoms with Crippen LogP contribution in [0, 0.1) is 0 Å². The lowest BCUT2D eigenvalue weighted by atomic mass is 9.93. The van der Waals surface area contributed by atoms with Crippen molar-refractivity contribution in [2.24, 2.45) is 0 Å². The summed E-state index contributed by atoms with van der Waals surface area (Å²) in [4.78, 5) is 0. The van der Waals surface area contributed by atoms with Crippen molar-refractivity contribution in [3.8, 4) is 0 Å². The van der Waals surface area contributed by atoms with Gasteiger partial charge in [-0.05, 0) is 23.8 Å². The fraction of sp³-hybridized carbons (Fsp3) is 0.200. The third kappa shape index (κ3) is 2.55. The molecule has 0 aliphatic heterocycles. The SMILES string of the molecule is C=C[C@@](O)(c1cc(Cl)c(Cl)c(Cl)c1)C(F)(F)F. The average molecular weight is 306 g/mol. The molecule has 0 aliphatic carbocycles. The Balaban J connectivity index is 3.47. The van der Waals surface area contributed by atoms with E-state index in [9.17, 15) is 18.3 Å². The standard InChI is InChI=1S/C10H6Cl3F3O/c1-2-9(17,10(14,15)16)5-3-6(11)8(13)7(12)4-5/h2-4,17H,1H2/t9-/m1/s1. The number of aliphatic hydroxyl groups is 1. The van der Waals surface area contributed by atoms with Gasteiger partial charge in [0.25, 0.3) is 0 Å². The average Bonchev–Trinajstić information content (AvgIpc) is 2.22. The molecule has 1 aromatic rings. The molecular formula is C10H6Cl3F3O. The van der Waals surface area contributed by atoms with Gasteiger partial charge in [-0.1, -0.05) is 41.4 Å². The van der Waals surface area contributed by atoms with Gasteiger partial charge in [0.05, 0.1) is 15.1 Å². The molecule has 1 rings (SSSR count). The summed E-state index contributed by atoms with van der Waals surface area (Å²) in [6.07, 6.45) is -4.57. The first-order chi connectivity index (χ1) is 7.63. The van der Waals surface area contributed by atoms with Crippen molar-refractivity contribution in [2.75, 3.05) is 0 Å². The van der Waals surface area contributed by atoms with Crippen LogP contribution in [0.15, 0.2) is 24.8 Å². The molecule has 0 spiro atoms. The van der Waals surface area contributed by atoms with Gasteiger partial charge in [0.2, 0.25) is 5.60 Å². The van der Waals surface area contributed by atoms with Gasteiger partial charge in [-0.25, -0.2) is 0 Å². The minimum absolute atomic E-state index is 0.0781. The fourth-order valence-electron chi connectivity index (χ4n) is 1.17. The Morgan fingerprint density at radius 2 is 1.53 bits per heavy atom. The van der Waals surface area contributed by atoms with Crippen molar-refractivity contribution in [1.29, 1.82) is 0 Å².